The third-order valence-corrected chi connectivity index (χ3v) is 14.2. The molecule has 0 aliphatic rings. The summed E-state index contributed by atoms with van der Waals surface area (Å²) in [6, 6.07) is -0.555. The van der Waals surface area contributed by atoms with E-state index < -0.39 is 12.1 Å². The molecule has 0 aromatic heterocycles. The highest BCUT2D eigenvalue weighted by atomic mass is 16.5. The Morgan fingerprint density at radius 3 is 0.938 bits per heavy atom. The van der Waals surface area contributed by atoms with Gasteiger partial charge < -0.3 is 20.3 Å². The predicted molar refractivity (Wildman–Crippen MR) is 283 cm³/mol. The van der Waals surface area contributed by atoms with Crippen LogP contribution in [0.2, 0.25) is 0 Å². The highest BCUT2D eigenvalue weighted by molar-refractivity contribution is 5.76. The second-order valence-electron chi connectivity index (χ2n) is 20.7. The van der Waals surface area contributed by atoms with Crippen molar-refractivity contribution < 1.29 is 24.5 Å². The van der Waals surface area contributed by atoms with Gasteiger partial charge >= 0.3 is 5.97 Å². The minimum atomic E-state index is -0.676. The molecule has 0 bridgehead atoms. The standard InChI is InChI=1S/C59H117NO5/c1-3-5-7-9-11-13-15-17-19-20-21-22-23-24-25-26-27-28-31-35-39-43-47-51-57(62)56(55-61)60-58(63)52-48-44-40-36-32-30-34-38-42-46-50-54-65-59(64)53-49-45-41-37-33-29-18-16-14-12-10-8-6-4-2/h56-57,61-62H,3-55H2,1-2H3,(H,60,63). The third-order valence-electron chi connectivity index (χ3n) is 14.2. The smallest absolute Gasteiger partial charge is 0.305 e. The Morgan fingerprint density at radius 1 is 0.369 bits per heavy atom. The van der Waals surface area contributed by atoms with E-state index in [1.54, 1.807) is 0 Å². The maximum atomic E-state index is 12.5. The van der Waals surface area contributed by atoms with E-state index in [0.29, 0.717) is 25.9 Å². The molecule has 0 spiro atoms. The average Bonchev–Trinajstić information content (AvgIpc) is 3.31. The number of esters is 1. The summed E-state index contributed by atoms with van der Waals surface area (Å²) in [5.41, 5.74) is 0. The lowest BCUT2D eigenvalue weighted by Gasteiger charge is -2.22. The van der Waals surface area contributed by atoms with Crippen LogP contribution in [0.15, 0.2) is 0 Å². The van der Waals surface area contributed by atoms with Crippen molar-refractivity contribution in [3.63, 3.8) is 0 Å². The highest BCUT2D eigenvalue weighted by Crippen LogP contribution is 2.18. The third kappa shape index (κ3) is 52.1. The van der Waals surface area contributed by atoms with Crippen LogP contribution in [-0.2, 0) is 14.3 Å². The molecule has 0 aromatic carbocycles. The Hall–Kier alpha value is -1.14. The zero-order valence-corrected chi connectivity index (χ0v) is 44.3. The van der Waals surface area contributed by atoms with Gasteiger partial charge in [0.05, 0.1) is 25.4 Å². The van der Waals surface area contributed by atoms with Crippen molar-refractivity contribution in [2.24, 2.45) is 0 Å². The van der Waals surface area contributed by atoms with E-state index >= 15 is 0 Å². The molecule has 0 heterocycles. The van der Waals surface area contributed by atoms with Crippen LogP contribution in [0.3, 0.4) is 0 Å². The molecule has 388 valence electrons. The van der Waals surface area contributed by atoms with Gasteiger partial charge in [-0.15, -0.1) is 0 Å². The first-order valence-corrected chi connectivity index (χ1v) is 29.8. The van der Waals surface area contributed by atoms with E-state index in [-0.39, 0.29) is 18.5 Å². The van der Waals surface area contributed by atoms with Crippen LogP contribution < -0.4 is 5.32 Å². The van der Waals surface area contributed by atoms with E-state index in [2.05, 4.69) is 19.2 Å². The molecule has 0 saturated heterocycles. The summed E-state index contributed by atoms with van der Waals surface area (Å²) in [6.45, 7) is 4.95. The fourth-order valence-electron chi connectivity index (χ4n) is 9.58. The number of ether oxygens (including phenoxy) is 1. The summed E-state index contributed by atoms with van der Waals surface area (Å²) in [6.07, 6.45) is 63.8. The van der Waals surface area contributed by atoms with Crippen molar-refractivity contribution in [2.45, 2.75) is 353 Å². The molecule has 6 heteroatoms. The van der Waals surface area contributed by atoms with Gasteiger partial charge in [0, 0.05) is 12.8 Å². The van der Waals surface area contributed by atoms with E-state index in [1.165, 1.54) is 250 Å². The van der Waals surface area contributed by atoms with E-state index in [0.717, 1.165) is 57.8 Å². The van der Waals surface area contributed by atoms with Crippen molar-refractivity contribution in [3.8, 4) is 0 Å². The molecular weight excluding hydrogens is 803 g/mol. The Kier molecular flexibility index (Phi) is 54.5. The summed E-state index contributed by atoms with van der Waals surface area (Å²) in [7, 11) is 0. The Labute approximate surface area is 406 Å². The van der Waals surface area contributed by atoms with Crippen LogP contribution in [0.5, 0.6) is 0 Å². The first kappa shape index (κ1) is 63.9. The van der Waals surface area contributed by atoms with Crippen molar-refractivity contribution in [3.05, 3.63) is 0 Å². The molecule has 6 nitrogen and oxygen atoms in total. The quantitative estimate of drug-likeness (QED) is 0.0417. The molecule has 0 aliphatic heterocycles. The molecule has 2 atom stereocenters. The summed E-state index contributed by atoms with van der Waals surface area (Å²) >= 11 is 0. The molecule has 0 fully saturated rings. The highest BCUT2D eigenvalue weighted by Gasteiger charge is 2.20. The molecule has 3 N–H and O–H groups in total. The number of aliphatic hydroxyl groups is 2. The van der Waals surface area contributed by atoms with Crippen molar-refractivity contribution in [2.75, 3.05) is 13.2 Å². The lowest BCUT2D eigenvalue weighted by Crippen LogP contribution is -2.45. The molecule has 1 amide bonds. The van der Waals surface area contributed by atoms with Gasteiger partial charge in [0.2, 0.25) is 5.91 Å². The van der Waals surface area contributed by atoms with Crippen LogP contribution in [0.25, 0.3) is 0 Å². The van der Waals surface area contributed by atoms with Gasteiger partial charge in [0.15, 0.2) is 0 Å². The first-order chi connectivity index (χ1) is 32.0. The zero-order chi connectivity index (χ0) is 47.2. The molecule has 2 unspecified atom stereocenters. The van der Waals surface area contributed by atoms with Gasteiger partial charge in [0.1, 0.15) is 0 Å². The van der Waals surface area contributed by atoms with E-state index in [9.17, 15) is 19.8 Å². The number of unbranched alkanes of at least 4 members (excludes halogenated alkanes) is 45. The lowest BCUT2D eigenvalue weighted by atomic mass is 10.0. The minimum absolute atomic E-state index is 0.00974. The lowest BCUT2D eigenvalue weighted by molar-refractivity contribution is -0.143. The number of amides is 1. The Balaban J connectivity index is 3.44. The van der Waals surface area contributed by atoms with Crippen LogP contribution in [0, 0.1) is 0 Å². The van der Waals surface area contributed by atoms with Crippen LogP contribution in [-0.4, -0.2) is 47.4 Å². The fraction of sp³-hybridized carbons (Fsp3) is 0.966. The number of rotatable bonds is 56. The molecule has 0 aliphatic carbocycles. The molecule has 0 saturated carbocycles. The van der Waals surface area contributed by atoms with Gasteiger partial charge in [-0.2, -0.15) is 0 Å². The number of hydrogen-bond acceptors (Lipinski definition) is 5. The number of aliphatic hydroxyl groups excluding tert-OH is 2. The Bertz CT molecular complexity index is 928. The molecule has 0 radical (unpaired) electrons. The zero-order valence-electron chi connectivity index (χ0n) is 44.3. The van der Waals surface area contributed by atoms with Crippen LogP contribution in [0.1, 0.15) is 341 Å². The van der Waals surface area contributed by atoms with Crippen molar-refractivity contribution in [1.82, 2.24) is 5.32 Å². The van der Waals surface area contributed by atoms with Crippen LogP contribution in [0.4, 0.5) is 0 Å². The minimum Gasteiger partial charge on any atom is -0.466 e. The van der Waals surface area contributed by atoms with Gasteiger partial charge in [0.25, 0.3) is 0 Å². The van der Waals surface area contributed by atoms with Crippen LogP contribution >= 0.6 is 0 Å². The monoisotopic (exact) mass is 920 g/mol. The topological polar surface area (TPSA) is 95.9 Å². The number of nitrogens with one attached hydrogen (secondary N) is 1. The number of carbonyl (C=O) groups excluding carboxylic acids is 2. The summed E-state index contributed by atoms with van der Waals surface area (Å²) in [4.78, 5) is 24.6. The first-order valence-electron chi connectivity index (χ1n) is 29.8. The largest absolute Gasteiger partial charge is 0.466 e. The predicted octanol–water partition coefficient (Wildman–Crippen LogP) is 18.3. The second-order valence-corrected chi connectivity index (χ2v) is 20.7. The van der Waals surface area contributed by atoms with Crippen molar-refractivity contribution in [1.29, 1.82) is 0 Å². The van der Waals surface area contributed by atoms with E-state index in [4.69, 9.17) is 4.74 Å². The van der Waals surface area contributed by atoms with Gasteiger partial charge in [-0.05, 0) is 25.7 Å². The summed E-state index contributed by atoms with van der Waals surface area (Å²) in [5, 5.41) is 23.3. The maximum absolute atomic E-state index is 12.5. The molecule has 0 aromatic rings. The van der Waals surface area contributed by atoms with E-state index in [1.807, 2.05) is 0 Å². The SMILES string of the molecule is CCCCCCCCCCCCCCCCCCCCCCCCCC(O)C(CO)NC(=O)CCCCCCCCCCCCCOC(=O)CCCCCCCCCCCCCCCC. The molecular formula is C59H117NO5. The number of hydrogen-bond donors (Lipinski definition) is 3. The van der Waals surface area contributed by atoms with Gasteiger partial charge in [-0.3, -0.25) is 9.59 Å². The number of carbonyl (C=O) groups is 2. The Morgan fingerprint density at radius 2 is 0.631 bits per heavy atom. The normalized spacial score (nSPS) is 12.5. The summed E-state index contributed by atoms with van der Waals surface area (Å²) in [5.74, 6) is -0.0586. The summed E-state index contributed by atoms with van der Waals surface area (Å²) < 4.78 is 5.47. The maximum Gasteiger partial charge on any atom is 0.305 e. The second kappa shape index (κ2) is 55.5. The molecule has 0 rings (SSSR count). The average molecular weight is 921 g/mol. The van der Waals surface area contributed by atoms with Crippen molar-refractivity contribution >= 4 is 11.9 Å². The fourth-order valence-corrected chi connectivity index (χ4v) is 9.58. The van der Waals surface area contributed by atoms with Gasteiger partial charge in [-0.1, -0.05) is 303 Å². The van der Waals surface area contributed by atoms with Gasteiger partial charge in [-0.25, -0.2) is 0 Å². The molecule has 65 heavy (non-hydrogen) atoms.